The van der Waals surface area contributed by atoms with Crippen molar-refractivity contribution in [3.63, 3.8) is 0 Å². The molecule has 136 valence electrons. The van der Waals surface area contributed by atoms with Gasteiger partial charge in [-0.1, -0.05) is 30.3 Å². The summed E-state index contributed by atoms with van der Waals surface area (Å²) in [6.45, 7) is 4.01. The number of carbonyl (C=O) groups excluding carboxylic acids is 2. The molecule has 2 aromatic rings. The summed E-state index contributed by atoms with van der Waals surface area (Å²) in [4.78, 5) is 25.7. The Hall–Kier alpha value is -3.02. The zero-order valence-corrected chi connectivity index (χ0v) is 14.8. The SMILES string of the molecule is CC(Oc1ccccc1)C(=O)NCc1ccc(N2CCNC(=O)C2)cc1. The molecule has 2 N–H and O–H groups in total. The van der Waals surface area contributed by atoms with Gasteiger partial charge in [-0.25, -0.2) is 0 Å². The van der Waals surface area contributed by atoms with Crippen LogP contribution in [0, 0.1) is 0 Å². The number of nitrogens with one attached hydrogen (secondary N) is 2. The van der Waals surface area contributed by atoms with E-state index in [-0.39, 0.29) is 11.8 Å². The van der Waals surface area contributed by atoms with Gasteiger partial charge in [0.25, 0.3) is 5.91 Å². The first kappa shape index (κ1) is 17.8. The number of hydrogen-bond acceptors (Lipinski definition) is 4. The smallest absolute Gasteiger partial charge is 0.261 e. The van der Waals surface area contributed by atoms with Crippen LogP contribution in [-0.2, 0) is 16.1 Å². The minimum Gasteiger partial charge on any atom is -0.481 e. The van der Waals surface area contributed by atoms with E-state index in [1.807, 2.05) is 59.5 Å². The van der Waals surface area contributed by atoms with Crippen LogP contribution in [-0.4, -0.2) is 37.6 Å². The minimum absolute atomic E-state index is 0.0417. The number of nitrogens with zero attached hydrogens (tertiary/aromatic N) is 1. The molecule has 1 aliphatic rings. The van der Waals surface area contributed by atoms with Gasteiger partial charge in [-0.3, -0.25) is 9.59 Å². The van der Waals surface area contributed by atoms with Crippen molar-refractivity contribution in [2.75, 3.05) is 24.5 Å². The van der Waals surface area contributed by atoms with Crippen LogP contribution in [0.1, 0.15) is 12.5 Å². The van der Waals surface area contributed by atoms with Crippen molar-refractivity contribution in [3.05, 3.63) is 60.2 Å². The molecule has 0 radical (unpaired) electrons. The molecule has 0 bridgehead atoms. The number of rotatable bonds is 6. The second kappa shape index (κ2) is 8.38. The number of carbonyl (C=O) groups is 2. The topological polar surface area (TPSA) is 70.7 Å². The van der Waals surface area contributed by atoms with Gasteiger partial charge >= 0.3 is 0 Å². The maximum atomic E-state index is 12.2. The second-order valence-corrected chi connectivity index (χ2v) is 6.23. The third-order valence-electron chi connectivity index (χ3n) is 4.23. The van der Waals surface area contributed by atoms with E-state index in [1.165, 1.54) is 0 Å². The Morgan fingerprint density at radius 3 is 2.62 bits per heavy atom. The fourth-order valence-corrected chi connectivity index (χ4v) is 2.77. The Balaban J connectivity index is 1.49. The summed E-state index contributed by atoms with van der Waals surface area (Å²) in [5.74, 6) is 0.552. The predicted octanol–water partition coefficient (Wildman–Crippen LogP) is 1.71. The summed E-state index contributed by atoms with van der Waals surface area (Å²) in [5, 5.41) is 5.70. The van der Waals surface area contributed by atoms with Crippen LogP contribution in [0.3, 0.4) is 0 Å². The molecule has 1 unspecified atom stereocenters. The van der Waals surface area contributed by atoms with Crippen molar-refractivity contribution in [3.8, 4) is 5.75 Å². The quantitative estimate of drug-likeness (QED) is 0.829. The Bertz CT molecular complexity index is 747. The van der Waals surface area contributed by atoms with Gasteiger partial charge in [-0.2, -0.15) is 0 Å². The molecule has 26 heavy (non-hydrogen) atoms. The van der Waals surface area contributed by atoms with E-state index < -0.39 is 6.10 Å². The van der Waals surface area contributed by atoms with Crippen molar-refractivity contribution in [2.24, 2.45) is 0 Å². The highest BCUT2D eigenvalue weighted by Crippen LogP contribution is 2.16. The number of piperazine rings is 1. The highest BCUT2D eigenvalue weighted by Gasteiger charge is 2.17. The van der Waals surface area contributed by atoms with Gasteiger partial charge in [-0.15, -0.1) is 0 Å². The van der Waals surface area contributed by atoms with Gasteiger partial charge in [0.1, 0.15) is 5.75 Å². The third kappa shape index (κ3) is 4.75. The normalized spacial score (nSPS) is 15.1. The predicted molar refractivity (Wildman–Crippen MR) is 100 cm³/mol. The van der Waals surface area contributed by atoms with Crippen molar-refractivity contribution < 1.29 is 14.3 Å². The lowest BCUT2D eigenvalue weighted by Gasteiger charge is -2.28. The zero-order chi connectivity index (χ0) is 18.4. The lowest BCUT2D eigenvalue weighted by atomic mass is 10.1. The first-order valence-electron chi connectivity index (χ1n) is 8.72. The van der Waals surface area contributed by atoms with Gasteiger partial charge in [0.05, 0.1) is 6.54 Å². The van der Waals surface area contributed by atoms with Crippen LogP contribution in [0.25, 0.3) is 0 Å². The maximum absolute atomic E-state index is 12.2. The highest BCUT2D eigenvalue weighted by atomic mass is 16.5. The van der Waals surface area contributed by atoms with Crippen LogP contribution in [0.15, 0.2) is 54.6 Å². The van der Waals surface area contributed by atoms with Crippen molar-refractivity contribution in [1.82, 2.24) is 10.6 Å². The fourth-order valence-electron chi connectivity index (χ4n) is 2.77. The fraction of sp³-hybridized carbons (Fsp3) is 0.300. The van der Waals surface area contributed by atoms with E-state index in [0.717, 1.165) is 17.8 Å². The van der Waals surface area contributed by atoms with E-state index in [9.17, 15) is 9.59 Å². The first-order chi connectivity index (χ1) is 12.6. The van der Waals surface area contributed by atoms with Gasteiger partial charge in [0.2, 0.25) is 5.91 Å². The molecule has 1 heterocycles. The van der Waals surface area contributed by atoms with Gasteiger partial charge in [0, 0.05) is 25.3 Å². The van der Waals surface area contributed by atoms with Crippen molar-refractivity contribution >= 4 is 17.5 Å². The summed E-state index contributed by atoms with van der Waals surface area (Å²) in [6, 6.07) is 17.2. The molecule has 0 aliphatic carbocycles. The Kier molecular flexibility index (Phi) is 5.73. The zero-order valence-electron chi connectivity index (χ0n) is 14.8. The first-order valence-corrected chi connectivity index (χ1v) is 8.72. The molecule has 2 aromatic carbocycles. The summed E-state index contributed by atoms with van der Waals surface area (Å²) in [7, 11) is 0. The van der Waals surface area contributed by atoms with Crippen LogP contribution < -0.4 is 20.3 Å². The lowest BCUT2D eigenvalue weighted by Crippen LogP contribution is -2.47. The molecule has 3 rings (SSSR count). The van der Waals surface area contributed by atoms with Crippen molar-refractivity contribution in [2.45, 2.75) is 19.6 Å². The second-order valence-electron chi connectivity index (χ2n) is 6.23. The average molecular weight is 353 g/mol. The minimum atomic E-state index is -0.566. The number of benzene rings is 2. The Morgan fingerprint density at radius 2 is 1.92 bits per heavy atom. The van der Waals surface area contributed by atoms with Crippen LogP contribution in [0.4, 0.5) is 5.69 Å². The number of hydrogen-bond donors (Lipinski definition) is 2. The Labute approximate surface area is 153 Å². The number of ether oxygens (including phenoxy) is 1. The van der Waals surface area contributed by atoms with E-state index in [2.05, 4.69) is 10.6 Å². The van der Waals surface area contributed by atoms with Crippen LogP contribution >= 0.6 is 0 Å². The molecule has 6 nitrogen and oxygen atoms in total. The van der Waals surface area contributed by atoms with Gasteiger partial charge in [0.15, 0.2) is 6.10 Å². The van der Waals surface area contributed by atoms with Gasteiger partial charge in [-0.05, 0) is 36.8 Å². The lowest BCUT2D eigenvalue weighted by molar-refractivity contribution is -0.127. The average Bonchev–Trinajstić information content (AvgIpc) is 2.67. The summed E-state index contributed by atoms with van der Waals surface area (Å²) < 4.78 is 5.62. The monoisotopic (exact) mass is 353 g/mol. The molecule has 1 saturated heterocycles. The van der Waals surface area contributed by atoms with Crippen LogP contribution in [0.5, 0.6) is 5.75 Å². The molecule has 0 spiro atoms. The molecule has 1 fully saturated rings. The van der Waals surface area contributed by atoms with E-state index in [4.69, 9.17) is 4.74 Å². The molecule has 0 saturated carbocycles. The molecule has 2 amide bonds. The molecular weight excluding hydrogens is 330 g/mol. The number of amides is 2. The highest BCUT2D eigenvalue weighted by molar-refractivity contribution is 5.82. The molecule has 1 aliphatic heterocycles. The number of anilines is 1. The van der Waals surface area contributed by atoms with E-state index >= 15 is 0 Å². The van der Waals surface area contributed by atoms with Gasteiger partial charge < -0.3 is 20.3 Å². The standard InChI is InChI=1S/C20H23N3O3/c1-15(26-18-5-3-2-4-6-18)20(25)22-13-16-7-9-17(10-8-16)23-12-11-21-19(24)14-23/h2-10,15H,11-14H2,1H3,(H,21,24)(H,22,25). The third-order valence-corrected chi connectivity index (χ3v) is 4.23. The van der Waals surface area contributed by atoms with Crippen molar-refractivity contribution in [1.29, 1.82) is 0 Å². The van der Waals surface area contributed by atoms with E-state index in [1.54, 1.807) is 6.92 Å². The molecule has 1 atom stereocenters. The number of para-hydroxylation sites is 1. The molecule has 0 aromatic heterocycles. The van der Waals surface area contributed by atoms with Crippen LogP contribution in [0.2, 0.25) is 0 Å². The molecular formula is C20H23N3O3. The molecule has 6 heteroatoms. The summed E-state index contributed by atoms with van der Waals surface area (Å²) >= 11 is 0. The summed E-state index contributed by atoms with van der Waals surface area (Å²) in [5.41, 5.74) is 2.01. The summed E-state index contributed by atoms with van der Waals surface area (Å²) in [6.07, 6.45) is -0.566. The van der Waals surface area contributed by atoms with E-state index in [0.29, 0.717) is 25.4 Å². The Morgan fingerprint density at radius 1 is 1.19 bits per heavy atom. The largest absolute Gasteiger partial charge is 0.481 e. The maximum Gasteiger partial charge on any atom is 0.261 e.